The van der Waals surface area contributed by atoms with E-state index in [0.29, 0.717) is 0 Å². The van der Waals surface area contributed by atoms with Gasteiger partial charge in [-0.2, -0.15) is 0 Å². The maximum absolute atomic E-state index is 4.54. The minimum absolute atomic E-state index is 0.967. The molecule has 1 fully saturated rings. The van der Waals surface area contributed by atoms with Gasteiger partial charge in [-0.25, -0.2) is 9.97 Å². The fourth-order valence-electron chi connectivity index (χ4n) is 2.43. The van der Waals surface area contributed by atoms with Crippen LogP contribution in [0.25, 0.3) is 0 Å². The lowest BCUT2D eigenvalue weighted by Gasteiger charge is -2.30. The van der Waals surface area contributed by atoms with Gasteiger partial charge in [-0.15, -0.1) is 0 Å². The van der Waals surface area contributed by atoms with Crippen molar-refractivity contribution in [3.05, 3.63) is 11.9 Å². The van der Waals surface area contributed by atoms with Gasteiger partial charge in [0, 0.05) is 38.3 Å². The third kappa shape index (κ3) is 3.56. The van der Waals surface area contributed by atoms with Crippen LogP contribution in [0.5, 0.6) is 0 Å². The second-order valence-electron chi connectivity index (χ2n) is 4.94. The molecule has 0 atom stereocenters. The van der Waals surface area contributed by atoms with Gasteiger partial charge in [-0.05, 0) is 12.8 Å². The van der Waals surface area contributed by atoms with Crippen LogP contribution in [-0.2, 0) is 6.42 Å². The standard InChI is InChI=1S/C14H25N5/c1-3-5-12-13(16-6-4-2)17-11-18-14(12)19-9-7-15-8-10-19/h11,15H,3-10H2,1-2H3,(H,16,17,18). The predicted molar refractivity (Wildman–Crippen MR) is 79.9 cm³/mol. The molecular formula is C14H25N5. The highest BCUT2D eigenvalue weighted by Gasteiger charge is 2.18. The van der Waals surface area contributed by atoms with Crippen molar-refractivity contribution in [1.29, 1.82) is 0 Å². The molecule has 0 radical (unpaired) electrons. The fraction of sp³-hybridized carbons (Fsp3) is 0.714. The van der Waals surface area contributed by atoms with Crippen LogP contribution in [0.2, 0.25) is 0 Å². The van der Waals surface area contributed by atoms with E-state index >= 15 is 0 Å². The molecule has 1 saturated heterocycles. The van der Waals surface area contributed by atoms with Crippen molar-refractivity contribution in [3.8, 4) is 0 Å². The van der Waals surface area contributed by atoms with Gasteiger partial charge in [0.2, 0.25) is 0 Å². The van der Waals surface area contributed by atoms with Gasteiger partial charge in [0.25, 0.3) is 0 Å². The SMILES string of the molecule is CCCNc1ncnc(N2CCNCC2)c1CCC. The summed E-state index contributed by atoms with van der Waals surface area (Å²) < 4.78 is 0. The summed E-state index contributed by atoms with van der Waals surface area (Å²) in [6.45, 7) is 9.47. The molecular weight excluding hydrogens is 238 g/mol. The number of rotatable bonds is 6. The normalized spacial score (nSPS) is 15.6. The fourth-order valence-corrected chi connectivity index (χ4v) is 2.43. The zero-order chi connectivity index (χ0) is 13.5. The first-order valence-corrected chi connectivity index (χ1v) is 7.40. The van der Waals surface area contributed by atoms with E-state index in [4.69, 9.17) is 0 Å². The summed E-state index contributed by atoms with van der Waals surface area (Å²) in [5.41, 5.74) is 1.28. The smallest absolute Gasteiger partial charge is 0.137 e. The predicted octanol–water partition coefficient (Wildman–Crippen LogP) is 1.66. The van der Waals surface area contributed by atoms with Gasteiger partial charge >= 0.3 is 0 Å². The molecule has 0 spiro atoms. The van der Waals surface area contributed by atoms with Crippen LogP contribution in [0, 0.1) is 0 Å². The number of aromatic nitrogens is 2. The van der Waals surface area contributed by atoms with Crippen LogP contribution < -0.4 is 15.5 Å². The van der Waals surface area contributed by atoms with Gasteiger partial charge in [0.1, 0.15) is 18.0 Å². The molecule has 0 bridgehead atoms. The minimum atomic E-state index is 0.967. The monoisotopic (exact) mass is 263 g/mol. The molecule has 2 N–H and O–H groups in total. The quantitative estimate of drug-likeness (QED) is 0.817. The Morgan fingerprint density at radius 2 is 2.00 bits per heavy atom. The van der Waals surface area contributed by atoms with Gasteiger partial charge in [-0.3, -0.25) is 0 Å². The molecule has 0 aromatic carbocycles. The van der Waals surface area contributed by atoms with Crippen LogP contribution in [0.3, 0.4) is 0 Å². The molecule has 0 saturated carbocycles. The van der Waals surface area contributed by atoms with Crippen molar-refractivity contribution >= 4 is 11.6 Å². The van der Waals surface area contributed by atoms with Crippen LogP contribution in [-0.4, -0.2) is 42.7 Å². The lowest BCUT2D eigenvalue weighted by molar-refractivity contribution is 0.582. The van der Waals surface area contributed by atoms with E-state index in [-0.39, 0.29) is 0 Å². The van der Waals surface area contributed by atoms with Gasteiger partial charge in [0.05, 0.1) is 0 Å². The van der Waals surface area contributed by atoms with E-state index in [1.165, 1.54) is 5.56 Å². The van der Waals surface area contributed by atoms with E-state index in [2.05, 4.69) is 39.3 Å². The third-order valence-electron chi connectivity index (χ3n) is 3.38. The largest absolute Gasteiger partial charge is 0.370 e. The van der Waals surface area contributed by atoms with Crippen LogP contribution in [0.1, 0.15) is 32.3 Å². The van der Waals surface area contributed by atoms with Crippen LogP contribution in [0.15, 0.2) is 6.33 Å². The number of nitrogens with zero attached hydrogens (tertiary/aromatic N) is 3. The van der Waals surface area contributed by atoms with E-state index in [0.717, 1.165) is 63.6 Å². The third-order valence-corrected chi connectivity index (χ3v) is 3.38. The van der Waals surface area contributed by atoms with Crippen molar-refractivity contribution < 1.29 is 0 Å². The highest BCUT2D eigenvalue weighted by atomic mass is 15.2. The summed E-state index contributed by atoms with van der Waals surface area (Å²) in [5.74, 6) is 2.14. The highest BCUT2D eigenvalue weighted by Crippen LogP contribution is 2.25. The lowest BCUT2D eigenvalue weighted by Crippen LogP contribution is -2.44. The Morgan fingerprint density at radius 3 is 2.68 bits per heavy atom. The molecule has 2 heterocycles. The van der Waals surface area contributed by atoms with Crippen LogP contribution in [0.4, 0.5) is 11.6 Å². The molecule has 1 aliphatic rings. The first-order valence-electron chi connectivity index (χ1n) is 7.40. The Kier molecular flexibility index (Phi) is 5.39. The molecule has 5 heteroatoms. The van der Waals surface area contributed by atoms with Crippen molar-refractivity contribution in [2.75, 3.05) is 42.9 Å². The Hall–Kier alpha value is -1.36. The number of nitrogens with one attached hydrogen (secondary N) is 2. The Labute approximate surface area is 115 Å². The van der Waals surface area contributed by atoms with Gasteiger partial charge < -0.3 is 15.5 Å². The lowest BCUT2D eigenvalue weighted by atomic mass is 10.1. The molecule has 106 valence electrons. The summed E-state index contributed by atoms with van der Waals surface area (Å²) in [6, 6.07) is 0. The van der Waals surface area contributed by atoms with Crippen LogP contribution >= 0.6 is 0 Å². The van der Waals surface area contributed by atoms with Gasteiger partial charge in [0.15, 0.2) is 0 Å². The molecule has 2 rings (SSSR count). The Bertz CT molecular complexity index is 387. The first kappa shape index (κ1) is 14.1. The van der Waals surface area contributed by atoms with Gasteiger partial charge in [-0.1, -0.05) is 20.3 Å². The molecule has 19 heavy (non-hydrogen) atoms. The summed E-state index contributed by atoms with van der Waals surface area (Å²) >= 11 is 0. The minimum Gasteiger partial charge on any atom is -0.370 e. The first-order chi connectivity index (χ1) is 9.36. The van der Waals surface area contributed by atoms with E-state index in [1.54, 1.807) is 6.33 Å². The van der Waals surface area contributed by atoms with E-state index in [9.17, 15) is 0 Å². The zero-order valence-corrected chi connectivity index (χ0v) is 12.1. The molecule has 1 aromatic rings. The zero-order valence-electron chi connectivity index (χ0n) is 12.1. The molecule has 1 aliphatic heterocycles. The molecule has 5 nitrogen and oxygen atoms in total. The topological polar surface area (TPSA) is 53.1 Å². The second-order valence-corrected chi connectivity index (χ2v) is 4.94. The summed E-state index contributed by atoms with van der Waals surface area (Å²) in [6.07, 6.45) is 4.95. The van der Waals surface area contributed by atoms with E-state index in [1.807, 2.05) is 0 Å². The Morgan fingerprint density at radius 1 is 1.21 bits per heavy atom. The molecule has 0 aliphatic carbocycles. The summed E-state index contributed by atoms with van der Waals surface area (Å²) in [7, 11) is 0. The average molecular weight is 263 g/mol. The number of anilines is 2. The highest BCUT2D eigenvalue weighted by molar-refractivity contribution is 5.59. The van der Waals surface area contributed by atoms with Crippen molar-refractivity contribution in [2.24, 2.45) is 0 Å². The van der Waals surface area contributed by atoms with Crippen molar-refractivity contribution in [3.63, 3.8) is 0 Å². The second kappa shape index (κ2) is 7.28. The van der Waals surface area contributed by atoms with E-state index < -0.39 is 0 Å². The number of piperazine rings is 1. The average Bonchev–Trinajstić information content (AvgIpc) is 2.47. The maximum Gasteiger partial charge on any atom is 0.137 e. The Balaban J connectivity index is 2.24. The van der Waals surface area contributed by atoms with Crippen molar-refractivity contribution in [1.82, 2.24) is 15.3 Å². The summed E-state index contributed by atoms with van der Waals surface area (Å²) in [5, 5.41) is 6.82. The number of hydrogen-bond acceptors (Lipinski definition) is 5. The molecule has 0 amide bonds. The maximum atomic E-state index is 4.54. The number of hydrogen-bond donors (Lipinski definition) is 2. The summed E-state index contributed by atoms with van der Waals surface area (Å²) in [4.78, 5) is 11.3. The van der Waals surface area contributed by atoms with Crippen molar-refractivity contribution in [2.45, 2.75) is 33.1 Å². The molecule has 0 unspecified atom stereocenters. The molecule has 1 aromatic heterocycles.